The Bertz CT molecular complexity index is 705. The third kappa shape index (κ3) is 4.30. The molecule has 0 N–H and O–H groups in total. The Hall–Kier alpha value is -0.990. The molecule has 1 heterocycles. The molecule has 0 bridgehead atoms. The highest BCUT2D eigenvalue weighted by Crippen LogP contribution is 2.32. The number of methoxy groups -OCH3 is 2. The van der Waals surface area contributed by atoms with Gasteiger partial charge in [-0.05, 0) is 53.8 Å². The van der Waals surface area contributed by atoms with Crippen LogP contribution in [-0.2, 0) is 6.54 Å². The number of carbonyl (C=O) groups is 1. The average molecular weight is 466 g/mol. The second-order valence-electron chi connectivity index (χ2n) is 4.71. The fourth-order valence-electron chi connectivity index (χ4n) is 2.14. The van der Waals surface area contributed by atoms with E-state index in [0.717, 1.165) is 12.8 Å². The summed E-state index contributed by atoms with van der Waals surface area (Å²) in [7, 11) is 3.14. The predicted octanol–water partition coefficient (Wildman–Crippen LogP) is 4.69. The van der Waals surface area contributed by atoms with Gasteiger partial charge in [0.1, 0.15) is 0 Å². The molecule has 2 aromatic rings. The van der Waals surface area contributed by atoms with Crippen LogP contribution in [0.25, 0.3) is 0 Å². The van der Waals surface area contributed by atoms with Gasteiger partial charge in [-0.3, -0.25) is 4.79 Å². The summed E-state index contributed by atoms with van der Waals surface area (Å²) in [5.41, 5.74) is 0.604. The van der Waals surface area contributed by atoms with E-state index in [9.17, 15) is 4.79 Å². The first-order valence-electron chi connectivity index (χ1n) is 6.95. The van der Waals surface area contributed by atoms with Gasteiger partial charge < -0.3 is 14.4 Å². The number of benzene rings is 1. The van der Waals surface area contributed by atoms with Crippen molar-refractivity contribution in [1.82, 2.24) is 4.90 Å². The average Bonchev–Trinajstić information content (AvgIpc) is 2.96. The van der Waals surface area contributed by atoms with E-state index in [1.807, 2.05) is 25.1 Å². The fraction of sp³-hybridized carbons (Fsp3) is 0.312. The highest BCUT2D eigenvalue weighted by atomic mass is 127. The van der Waals surface area contributed by atoms with Gasteiger partial charge in [0.05, 0.1) is 30.7 Å². The Labute approximate surface area is 158 Å². The van der Waals surface area contributed by atoms with Gasteiger partial charge in [-0.1, -0.05) is 11.6 Å². The summed E-state index contributed by atoms with van der Waals surface area (Å²) in [6.45, 7) is 3.11. The zero-order valence-corrected chi connectivity index (χ0v) is 16.8. The van der Waals surface area contributed by atoms with Crippen LogP contribution in [0.15, 0.2) is 24.3 Å². The molecular weight excluding hydrogens is 449 g/mol. The Morgan fingerprint density at radius 1 is 1.26 bits per heavy atom. The van der Waals surface area contributed by atoms with E-state index in [1.54, 1.807) is 25.2 Å². The van der Waals surface area contributed by atoms with Gasteiger partial charge in [0.25, 0.3) is 5.91 Å². The minimum Gasteiger partial charge on any atom is -0.493 e. The maximum absolute atomic E-state index is 12.9. The van der Waals surface area contributed by atoms with Crippen molar-refractivity contribution in [2.75, 3.05) is 20.8 Å². The van der Waals surface area contributed by atoms with Crippen molar-refractivity contribution in [2.45, 2.75) is 13.5 Å². The number of nitrogens with zero attached hydrogens (tertiary/aromatic N) is 1. The van der Waals surface area contributed by atoms with Crippen molar-refractivity contribution in [1.29, 1.82) is 0 Å². The topological polar surface area (TPSA) is 38.8 Å². The number of hydrogen-bond acceptors (Lipinski definition) is 4. The minimum absolute atomic E-state index is 0.0395. The number of halogens is 2. The van der Waals surface area contributed by atoms with Crippen LogP contribution in [0.4, 0.5) is 0 Å². The van der Waals surface area contributed by atoms with Crippen molar-refractivity contribution >= 4 is 51.4 Å². The number of thiophene rings is 1. The molecule has 0 aliphatic heterocycles. The lowest BCUT2D eigenvalue weighted by Crippen LogP contribution is -2.30. The second-order valence-corrected chi connectivity index (χ2v) is 7.67. The van der Waals surface area contributed by atoms with Gasteiger partial charge in [-0.15, -0.1) is 11.3 Å². The third-order valence-corrected chi connectivity index (χ3v) is 5.46. The smallest absolute Gasteiger partial charge is 0.255 e. The highest BCUT2D eigenvalue weighted by Gasteiger charge is 2.20. The van der Waals surface area contributed by atoms with Crippen LogP contribution in [0.2, 0.25) is 4.34 Å². The Kier molecular flexibility index (Phi) is 6.55. The van der Waals surface area contributed by atoms with Crippen molar-refractivity contribution in [3.05, 3.63) is 42.6 Å². The molecule has 1 aromatic heterocycles. The van der Waals surface area contributed by atoms with Gasteiger partial charge in [0.2, 0.25) is 0 Å². The zero-order valence-electron chi connectivity index (χ0n) is 13.1. The van der Waals surface area contributed by atoms with Crippen LogP contribution in [0.5, 0.6) is 11.5 Å². The normalized spacial score (nSPS) is 10.5. The fourth-order valence-corrected chi connectivity index (χ4v) is 3.91. The van der Waals surface area contributed by atoms with Crippen LogP contribution in [0.3, 0.4) is 0 Å². The van der Waals surface area contributed by atoms with Gasteiger partial charge in [-0.25, -0.2) is 0 Å². The molecule has 0 unspecified atom stereocenters. The largest absolute Gasteiger partial charge is 0.493 e. The van der Waals surface area contributed by atoms with Crippen LogP contribution in [0, 0.1) is 3.57 Å². The summed E-state index contributed by atoms with van der Waals surface area (Å²) in [5, 5.41) is 0. The molecule has 0 spiro atoms. The first-order chi connectivity index (χ1) is 11.0. The summed E-state index contributed by atoms with van der Waals surface area (Å²) < 4.78 is 12.1. The van der Waals surface area contributed by atoms with Crippen molar-refractivity contribution in [2.24, 2.45) is 0 Å². The van der Waals surface area contributed by atoms with E-state index < -0.39 is 0 Å². The summed E-state index contributed by atoms with van der Waals surface area (Å²) in [6.07, 6.45) is 0. The molecule has 23 heavy (non-hydrogen) atoms. The number of hydrogen-bond donors (Lipinski definition) is 0. The zero-order chi connectivity index (χ0) is 17.0. The van der Waals surface area contributed by atoms with Gasteiger partial charge in [-0.2, -0.15) is 0 Å². The molecule has 0 atom stereocenters. The number of carbonyl (C=O) groups excluding carboxylic acids is 1. The lowest BCUT2D eigenvalue weighted by molar-refractivity contribution is 0.0752. The molecule has 0 fully saturated rings. The molecule has 124 valence electrons. The minimum atomic E-state index is -0.0395. The van der Waals surface area contributed by atoms with E-state index in [2.05, 4.69) is 22.6 Å². The molecule has 0 saturated carbocycles. The molecule has 0 aliphatic carbocycles. The lowest BCUT2D eigenvalue weighted by atomic mass is 10.1. The van der Waals surface area contributed by atoms with Gasteiger partial charge in [0.15, 0.2) is 11.5 Å². The summed E-state index contributed by atoms with van der Waals surface area (Å²) in [4.78, 5) is 15.7. The third-order valence-electron chi connectivity index (χ3n) is 3.35. The van der Waals surface area contributed by atoms with Crippen LogP contribution < -0.4 is 9.47 Å². The molecule has 0 saturated heterocycles. The Morgan fingerprint density at radius 2 is 1.91 bits per heavy atom. The summed E-state index contributed by atoms with van der Waals surface area (Å²) in [5.74, 6) is 1.12. The molecule has 4 nitrogen and oxygen atoms in total. The molecule has 0 radical (unpaired) electrons. The Balaban J connectivity index is 2.29. The molecule has 1 amide bonds. The van der Waals surface area contributed by atoms with Crippen molar-refractivity contribution < 1.29 is 14.3 Å². The first kappa shape index (κ1) is 18.4. The van der Waals surface area contributed by atoms with E-state index in [4.69, 9.17) is 21.1 Å². The maximum atomic E-state index is 12.9. The molecule has 0 aliphatic rings. The monoisotopic (exact) mass is 465 g/mol. The molecule has 1 aromatic carbocycles. The van der Waals surface area contributed by atoms with Crippen molar-refractivity contribution in [3.63, 3.8) is 0 Å². The highest BCUT2D eigenvalue weighted by molar-refractivity contribution is 14.1. The summed E-state index contributed by atoms with van der Waals surface area (Å²) >= 11 is 9.59. The van der Waals surface area contributed by atoms with Crippen LogP contribution in [0.1, 0.15) is 22.2 Å². The van der Waals surface area contributed by atoms with E-state index in [1.165, 1.54) is 11.3 Å². The van der Waals surface area contributed by atoms with Crippen LogP contribution >= 0.6 is 45.5 Å². The Morgan fingerprint density at radius 3 is 2.43 bits per heavy atom. The van der Waals surface area contributed by atoms with E-state index in [-0.39, 0.29) is 5.91 Å². The second kappa shape index (κ2) is 8.21. The van der Waals surface area contributed by atoms with E-state index in [0.29, 0.717) is 30.2 Å². The molecule has 7 heteroatoms. The SMILES string of the molecule is CCN(Cc1ccc(Cl)s1)C(=O)c1cc(OC)c(OC)cc1I. The standard InChI is InChI=1S/C16H17ClINO3S/c1-4-19(9-10-5-6-15(17)23-10)16(20)11-7-13(21-2)14(22-3)8-12(11)18/h5-8H,4,9H2,1-3H3. The maximum Gasteiger partial charge on any atom is 0.255 e. The summed E-state index contributed by atoms with van der Waals surface area (Å²) in [6, 6.07) is 7.33. The van der Waals surface area contributed by atoms with Crippen molar-refractivity contribution in [3.8, 4) is 11.5 Å². The van der Waals surface area contributed by atoms with Gasteiger partial charge in [0, 0.05) is 15.0 Å². The predicted molar refractivity (Wildman–Crippen MR) is 102 cm³/mol. The molecule has 2 rings (SSSR count). The number of amides is 1. The van der Waals surface area contributed by atoms with E-state index >= 15 is 0 Å². The van der Waals surface area contributed by atoms with Crippen LogP contribution in [-0.4, -0.2) is 31.6 Å². The quantitative estimate of drug-likeness (QED) is 0.581. The van der Waals surface area contributed by atoms with Gasteiger partial charge >= 0.3 is 0 Å². The molecular formula is C16H17ClINO3S. The number of rotatable bonds is 6. The lowest BCUT2D eigenvalue weighted by Gasteiger charge is -2.21. The number of ether oxygens (including phenoxy) is 2. The first-order valence-corrected chi connectivity index (χ1v) is 9.22.